The molecule has 0 radical (unpaired) electrons. The van der Waals surface area contributed by atoms with Crippen LogP contribution in [0.5, 0.6) is 0 Å². The minimum Gasteiger partial charge on any atom is -0.394 e. The molecule has 17 atom stereocenters. The molecule has 3 saturated heterocycles. The molecule has 3 heterocycles. The lowest BCUT2D eigenvalue weighted by Gasteiger charge is -2.54. The molecule has 2 aliphatic carbocycles. The zero-order chi connectivity index (χ0) is 35.3. The molecular weight excluding hydrogens is 640 g/mol. The summed E-state index contributed by atoms with van der Waals surface area (Å²) in [5, 5.41) is 102. The van der Waals surface area contributed by atoms with E-state index in [2.05, 4.69) is 13.5 Å². The van der Waals surface area contributed by atoms with Gasteiger partial charge in [-0.1, -0.05) is 19.1 Å². The molecule has 5 fully saturated rings. The molecule has 0 bridgehead atoms. The van der Waals surface area contributed by atoms with Crippen molar-refractivity contribution in [2.45, 2.75) is 144 Å². The monoisotopic (exact) mass is 694 g/mol. The molecule has 5 aliphatic rings. The molecule has 0 unspecified atom stereocenters. The van der Waals surface area contributed by atoms with Crippen LogP contribution in [0.4, 0.5) is 0 Å². The summed E-state index contributed by atoms with van der Waals surface area (Å²) in [6, 6.07) is 0. The average Bonchev–Trinajstić information content (AvgIpc) is 3.33. The first-order valence-corrected chi connectivity index (χ1v) is 16.7. The number of aliphatic hydroxyl groups is 10. The third-order valence-corrected chi connectivity index (χ3v) is 11.4. The summed E-state index contributed by atoms with van der Waals surface area (Å²) in [6.07, 6.45) is -14.2. The molecule has 0 aromatic carbocycles. The van der Waals surface area contributed by atoms with E-state index in [0.29, 0.717) is 19.3 Å². The summed E-state index contributed by atoms with van der Waals surface area (Å²) in [6.45, 7) is 8.23. The largest absolute Gasteiger partial charge is 0.394 e. The molecule has 278 valence electrons. The molecule has 5 rings (SSSR count). The average molecular weight is 695 g/mol. The van der Waals surface area contributed by atoms with Crippen LogP contribution in [0.15, 0.2) is 12.2 Å². The Morgan fingerprint density at radius 3 is 2.12 bits per heavy atom. The van der Waals surface area contributed by atoms with Gasteiger partial charge in [0.05, 0.1) is 38.1 Å². The van der Waals surface area contributed by atoms with Crippen LogP contribution in [0.1, 0.15) is 52.9 Å². The van der Waals surface area contributed by atoms with Gasteiger partial charge < -0.3 is 79.5 Å². The number of rotatable bonds is 10. The fraction of sp³-hybridized carbons (Fsp3) is 0.938. The minimum atomic E-state index is -1.90. The van der Waals surface area contributed by atoms with Gasteiger partial charge in [0.25, 0.3) is 0 Å². The van der Waals surface area contributed by atoms with Crippen LogP contribution in [0.3, 0.4) is 0 Å². The van der Waals surface area contributed by atoms with Gasteiger partial charge in [-0.3, -0.25) is 0 Å². The molecule has 10 N–H and O–H groups in total. The quantitative estimate of drug-likeness (QED) is 0.0808. The Balaban J connectivity index is 1.18. The molecule has 0 spiro atoms. The maximum absolute atomic E-state index is 10.7. The molecule has 0 amide bonds. The molecule has 3 aliphatic heterocycles. The molecule has 0 aromatic heterocycles. The Bertz CT molecular complexity index is 1110. The van der Waals surface area contributed by atoms with E-state index in [1.54, 1.807) is 0 Å². The summed E-state index contributed by atoms with van der Waals surface area (Å²) >= 11 is 0. The Kier molecular flexibility index (Phi) is 11.7. The van der Waals surface area contributed by atoms with E-state index in [-0.39, 0.29) is 30.5 Å². The maximum Gasteiger partial charge on any atom is 0.187 e. The van der Waals surface area contributed by atoms with Crippen LogP contribution in [0.2, 0.25) is 0 Å². The normalized spacial score (nSPS) is 50.4. The second kappa shape index (κ2) is 14.6. The Hall–Kier alpha value is -0.900. The number of hydrogen-bond acceptors (Lipinski definition) is 16. The van der Waals surface area contributed by atoms with Crippen molar-refractivity contribution < 1.29 is 79.5 Å². The van der Waals surface area contributed by atoms with Crippen molar-refractivity contribution in [1.29, 1.82) is 0 Å². The molecule has 16 nitrogen and oxygen atoms in total. The van der Waals surface area contributed by atoms with Crippen LogP contribution >= 0.6 is 0 Å². The predicted octanol–water partition coefficient (Wildman–Crippen LogP) is -3.00. The topological polar surface area (TPSA) is 258 Å². The highest BCUT2D eigenvalue weighted by atomic mass is 16.7. The van der Waals surface area contributed by atoms with Crippen molar-refractivity contribution >= 4 is 0 Å². The second-order valence-electron chi connectivity index (χ2n) is 15.2. The van der Waals surface area contributed by atoms with Gasteiger partial charge in [0.2, 0.25) is 0 Å². The second-order valence-corrected chi connectivity index (χ2v) is 15.2. The third kappa shape index (κ3) is 7.37. The van der Waals surface area contributed by atoms with Gasteiger partial charge in [-0.15, -0.1) is 0 Å². The van der Waals surface area contributed by atoms with Gasteiger partial charge in [-0.2, -0.15) is 0 Å². The highest BCUT2D eigenvalue weighted by molar-refractivity contribution is 5.16. The predicted molar refractivity (Wildman–Crippen MR) is 162 cm³/mol. The van der Waals surface area contributed by atoms with Crippen LogP contribution < -0.4 is 0 Å². The standard InChI is InChI=1S/C32H54O16/c1-14-7-16(45-27-24(39)23(38)21(36)19(47-27)11-43-29-26(41)32(42,12-34)13-44-29)9-31(4)6-5-15(8-17(14)31)30(2,3)48-28-25(40)22(37)20(35)18(10-33)46-28/h15-29,33-42H,1,5-13H2,2-4H3/t15-,16+,17+,18+,19+,20+,21+,22-,23-,24+,25+,26-,27+,28-,29+,31-,32+/m1/s1. The Morgan fingerprint density at radius 2 is 1.50 bits per heavy atom. The van der Waals surface area contributed by atoms with Gasteiger partial charge >= 0.3 is 0 Å². The van der Waals surface area contributed by atoms with E-state index in [4.69, 9.17) is 28.4 Å². The fourth-order valence-electron chi connectivity index (χ4n) is 8.06. The lowest BCUT2D eigenvalue weighted by molar-refractivity contribution is -0.331. The fourth-order valence-corrected chi connectivity index (χ4v) is 8.06. The maximum atomic E-state index is 10.7. The zero-order valence-electron chi connectivity index (χ0n) is 27.7. The van der Waals surface area contributed by atoms with Gasteiger partial charge in [-0.25, -0.2) is 0 Å². The summed E-state index contributed by atoms with van der Waals surface area (Å²) in [4.78, 5) is 0. The van der Waals surface area contributed by atoms with Gasteiger partial charge in [0.15, 0.2) is 18.9 Å². The van der Waals surface area contributed by atoms with Crippen LogP contribution in [0.25, 0.3) is 0 Å². The van der Waals surface area contributed by atoms with E-state index in [1.807, 2.05) is 13.8 Å². The smallest absolute Gasteiger partial charge is 0.187 e. The molecular formula is C32H54O16. The highest BCUT2D eigenvalue weighted by Gasteiger charge is 2.54. The first-order chi connectivity index (χ1) is 22.4. The van der Waals surface area contributed by atoms with E-state index in [9.17, 15) is 51.1 Å². The first kappa shape index (κ1) is 38.3. The van der Waals surface area contributed by atoms with Crippen molar-refractivity contribution in [2.75, 3.05) is 26.4 Å². The van der Waals surface area contributed by atoms with E-state index in [1.165, 1.54) is 0 Å². The number of ether oxygens (including phenoxy) is 6. The molecule has 16 heteroatoms. The molecule has 2 saturated carbocycles. The molecule has 48 heavy (non-hydrogen) atoms. The summed E-state index contributed by atoms with van der Waals surface area (Å²) in [7, 11) is 0. The van der Waals surface area contributed by atoms with E-state index < -0.39 is 104 Å². The summed E-state index contributed by atoms with van der Waals surface area (Å²) in [5.74, 6) is 0.0868. The zero-order valence-corrected chi connectivity index (χ0v) is 27.7. The SMILES string of the molecule is C=C1C[C@H](O[C@H]2O[C@@H](CO[C@H]3OC[C@@](O)(CO)[C@@H]3O)[C@H](O)[C@@H](O)[C@@H]2O)C[C@@]2(C)CC[C@@H](C(C)(C)O[C@H]3O[C@@H](CO)[C@H](O)[C@@H](O)[C@@H]3O)C[C@@H]12. The van der Waals surface area contributed by atoms with Gasteiger partial charge in [0.1, 0.15) is 60.5 Å². The van der Waals surface area contributed by atoms with Gasteiger partial charge in [-0.05, 0) is 63.2 Å². The van der Waals surface area contributed by atoms with E-state index in [0.717, 1.165) is 18.4 Å². The summed E-state index contributed by atoms with van der Waals surface area (Å²) < 4.78 is 34.6. The van der Waals surface area contributed by atoms with Crippen molar-refractivity contribution in [2.24, 2.45) is 17.3 Å². The number of fused-ring (bicyclic) bond motifs is 1. The highest BCUT2D eigenvalue weighted by Crippen LogP contribution is 2.56. The van der Waals surface area contributed by atoms with Crippen LogP contribution in [0, 0.1) is 17.3 Å². The summed E-state index contributed by atoms with van der Waals surface area (Å²) in [5.41, 5.74) is -2.03. The Labute approximate surface area is 279 Å². The number of aliphatic hydroxyl groups excluding tert-OH is 9. The molecule has 0 aromatic rings. The lowest BCUT2D eigenvalue weighted by atomic mass is 9.54. The third-order valence-electron chi connectivity index (χ3n) is 11.4. The Morgan fingerprint density at radius 1 is 0.875 bits per heavy atom. The van der Waals surface area contributed by atoms with Crippen molar-refractivity contribution in [3.05, 3.63) is 12.2 Å². The van der Waals surface area contributed by atoms with Gasteiger partial charge in [0, 0.05) is 0 Å². The van der Waals surface area contributed by atoms with Crippen molar-refractivity contribution in [3.63, 3.8) is 0 Å². The van der Waals surface area contributed by atoms with Crippen LogP contribution in [-0.2, 0) is 28.4 Å². The lowest BCUT2D eigenvalue weighted by Crippen LogP contribution is -2.61. The first-order valence-electron chi connectivity index (χ1n) is 16.7. The number of hydrogen-bond donors (Lipinski definition) is 10. The van der Waals surface area contributed by atoms with Crippen molar-refractivity contribution in [1.82, 2.24) is 0 Å². The van der Waals surface area contributed by atoms with Crippen LogP contribution in [-0.4, -0.2) is 169 Å². The van der Waals surface area contributed by atoms with E-state index >= 15 is 0 Å². The van der Waals surface area contributed by atoms with Crippen molar-refractivity contribution in [3.8, 4) is 0 Å². The minimum absolute atomic E-state index is 0.00814.